The second kappa shape index (κ2) is 75.4. The maximum Gasteiger partial charge on any atom is 0.472 e. The van der Waals surface area contributed by atoms with Crippen molar-refractivity contribution in [2.24, 2.45) is 0 Å². The minimum atomic E-state index is -5.03. The van der Waals surface area contributed by atoms with E-state index in [2.05, 4.69) is 167 Å². The zero-order chi connectivity index (χ0) is 76.0. The Morgan fingerprint density at radius 2 is 0.558 bits per heavy atom. The Kier molecular flexibility index (Phi) is 71.2. The first kappa shape index (κ1) is 98.2. The number of aliphatic hydroxyl groups is 1. The van der Waals surface area contributed by atoms with Crippen molar-refractivity contribution >= 4 is 39.5 Å². The molecule has 17 nitrogen and oxygen atoms in total. The molecule has 0 heterocycles. The highest BCUT2D eigenvalue weighted by molar-refractivity contribution is 7.47. The Balaban J connectivity index is 5.53. The van der Waals surface area contributed by atoms with E-state index in [0.717, 1.165) is 148 Å². The number of hydrogen-bond donors (Lipinski definition) is 3. The monoisotopic (exact) mass is 1490 g/mol. The van der Waals surface area contributed by atoms with Gasteiger partial charge in [-0.05, 0) is 148 Å². The topological polar surface area (TPSA) is 237 Å². The summed E-state index contributed by atoms with van der Waals surface area (Å²) < 4.78 is 68.3. The largest absolute Gasteiger partial charge is 0.472 e. The average Bonchev–Trinajstić information content (AvgIpc) is 0.918. The third-order valence-corrected chi connectivity index (χ3v) is 17.3. The summed E-state index contributed by atoms with van der Waals surface area (Å²) in [7, 11) is -10.0. The molecule has 0 amide bonds. The summed E-state index contributed by atoms with van der Waals surface area (Å²) in [5, 5.41) is 10.6. The number of carbonyl (C=O) groups is 4. The van der Waals surface area contributed by atoms with Gasteiger partial charge < -0.3 is 33.8 Å². The first-order valence-corrected chi connectivity index (χ1v) is 42.0. The van der Waals surface area contributed by atoms with Crippen LogP contribution in [-0.4, -0.2) is 96.7 Å². The zero-order valence-corrected chi connectivity index (χ0v) is 65.9. The van der Waals surface area contributed by atoms with Crippen LogP contribution in [0.4, 0.5) is 0 Å². The van der Waals surface area contributed by atoms with Crippen molar-refractivity contribution in [3.05, 3.63) is 182 Å². The minimum Gasteiger partial charge on any atom is -0.462 e. The lowest BCUT2D eigenvalue weighted by atomic mass is 10.1. The fraction of sp³-hybridized carbons (Fsp3) is 0.600. The Labute approximate surface area is 628 Å². The summed E-state index contributed by atoms with van der Waals surface area (Å²) in [6.07, 6.45) is 90.7. The zero-order valence-electron chi connectivity index (χ0n) is 64.1. The number of hydrogen-bond acceptors (Lipinski definition) is 15. The molecule has 0 spiro atoms. The van der Waals surface area contributed by atoms with Gasteiger partial charge in [-0.3, -0.25) is 37.3 Å². The fourth-order valence-electron chi connectivity index (χ4n) is 9.56. The van der Waals surface area contributed by atoms with Crippen molar-refractivity contribution in [1.82, 2.24) is 0 Å². The number of unbranched alkanes of at least 4 members (excludes halogenated alkanes) is 16. The van der Waals surface area contributed by atoms with Gasteiger partial charge in [0.15, 0.2) is 12.2 Å². The lowest BCUT2D eigenvalue weighted by Crippen LogP contribution is -2.30. The summed E-state index contributed by atoms with van der Waals surface area (Å²) in [6, 6.07) is 0. The maximum absolute atomic E-state index is 13.1. The third-order valence-electron chi connectivity index (χ3n) is 15.4. The molecule has 19 heteroatoms. The van der Waals surface area contributed by atoms with Gasteiger partial charge in [0.1, 0.15) is 19.3 Å². The molecule has 5 atom stereocenters. The van der Waals surface area contributed by atoms with Gasteiger partial charge in [0.2, 0.25) is 0 Å². The van der Waals surface area contributed by atoms with Gasteiger partial charge in [-0.1, -0.05) is 281 Å². The van der Waals surface area contributed by atoms with Crippen molar-refractivity contribution < 1.29 is 80.2 Å². The van der Waals surface area contributed by atoms with E-state index >= 15 is 0 Å². The van der Waals surface area contributed by atoms with Crippen molar-refractivity contribution in [3.63, 3.8) is 0 Å². The van der Waals surface area contributed by atoms with Crippen LogP contribution in [-0.2, 0) is 65.4 Å². The molecule has 0 aromatic rings. The Hall–Kier alpha value is -5.84. The smallest absolute Gasteiger partial charge is 0.462 e. The maximum atomic E-state index is 13.1. The Morgan fingerprint density at radius 1 is 0.288 bits per heavy atom. The van der Waals surface area contributed by atoms with Crippen LogP contribution >= 0.6 is 15.6 Å². The van der Waals surface area contributed by atoms with Crippen LogP contribution in [0.15, 0.2) is 182 Å². The molecule has 0 aromatic carbocycles. The lowest BCUT2D eigenvalue weighted by molar-refractivity contribution is -0.161. The number of esters is 4. The van der Waals surface area contributed by atoms with Gasteiger partial charge in [0, 0.05) is 19.3 Å². The first-order chi connectivity index (χ1) is 50.7. The van der Waals surface area contributed by atoms with E-state index in [1.54, 1.807) is 12.2 Å². The van der Waals surface area contributed by atoms with Crippen LogP contribution in [0.1, 0.15) is 272 Å². The normalized spacial score (nSPS) is 14.9. The van der Waals surface area contributed by atoms with E-state index in [-0.39, 0.29) is 25.7 Å². The van der Waals surface area contributed by atoms with E-state index in [4.69, 9.17) is 37.0 Å². The summed E-state index contributed by atoms with van der Waals surface area (Å²) in [6.45, 7) is 4.27. The predicted octanol–water partition coefficient (Wildman–Crippen LogP) is 22.8. The molecule has 5 unspecified atom stereocenters. The number of phosphoric ester groups is 2. The number of rotatable bonds is 71. The molecule has 0 saturated carbocycles. The summed E-state index contributed by atoms with van der Waals surface area (Å²) in [5.41, 5.74) is 0. The SMILES string of the molecule is CC/C=C\C/C=C\C/C=C\C/C=C\C/C=C\C/C=C\CCC(=O)OCC(COP(=O)(O)OCC(O)COP(=O)(O)OCC(COC(=O)CCCCCCC/C=C\C/C=C\C/C=C\CC)OC(=O)CCCCCCC/C=C\CCCCCCCC)OC(=O)C/C=C\C/C=C\C/C=C\C/C=C\C/C=C\CC. The molecule has 104 heavy (non-hydrogen) atoms. The number of ether oxygens (including phenoxy) is 4. The molecule has 588 valence electrons. The average molecular weight is 1490 g/mol. The molecule has 0 fully saturated rings. The van der Waals surface area contributed by atoms with Crippen LogP contribution in [0, 0.1) is 0 Å². The molecule has 0 aliphatic heterocycles. The lowest BCUT2D eigenvalue weighted by Gasteiger charge is -2.21. The van der Waals surface area contributed by atoms with Gasteiger partial charge in [-0.2, -0.15) is 0 Å². The highest BCUT2D eigenvalue weighted by Gasteiger charge is 2.30. The molecule has 0 bridgehead atoms. The van der Waals surface area contributed by atoms with Gasteiger partial charge >= 0.3 is 39.5 Å². The van der Waals surface area contributed by atoms with E-state index in [1.165, 1.54) is 38.5 Å². The minimum absolute atomic E-state index is 0.00929. The molecular weight excluding hydrogens is 1350 g/mol. The van der Waals surface area contributed by atoms with Crippen molar-refractivity contribution in [2.75, 3.05) is 39.6 Å². The second-order valence-corrected chi connectivity index (χ2v) is 28.1. The summed E-state index contributed by atoms with van der Waals surface area (Å²) in [4.78, 5) is 72.9. The Bertz CT molecular complexity index is 2690. The molecule has 0 aliphatic carbocycles. The molecule has 0 saturated heterocycles. The van der Waals surface area contributed by atoms with Gasteiger partial charge in [0.05, 0.1) is 32.8 Å². The molecule has 0 radical (unpaired) electrons. The first-order valence-electron chi connectivity index (χ1n) is 39.0. The molecule has 0 rings (SSSR count). The highest BCUT2D eigenvalue weighted by Crippen LogP contribution is 2.45. The predicted molar refractivity (Wildman–Crippen MR) is 426 cm³/mol. The summed E-state index contributed by atoms with van der Waals surface area (Å²) >= 11 is 0. The van der Waals surface area contributed by atoms with E-state index < -0.39 is 97.5 Å². The quantitative estimate of drug-likeness (QED) is 0.0169. The summed E-state index contributed by atoms with van der Waals surface area (Å²) in [5.74, 6) is -2.47. The van der Waals surface area contributed by atoms with Crippen LogP contribution in [0.5, 0.6) is 0 Å². The van der Waals surface area contributed by atoms with Gasteiger partial charge in [-0.25, -0.2) is 9.13 Å². The van der Waals surface area contributed by atoms with Gasteiger partial charge in [0.25, 0.3) is 0 Å². The molecule has 0 aromatic heterocycles. The van der Waals surface area contributed by atoms with E-state index in [1.807, 2.05) is 30.4 Å². The van der Waals surface area contributed by atoms with Crippen LogP contribution in [0.25, 0.3) is 0 Å². The number of carbonyl (C=O) groups excluding carboxylic acids is 4. The standard InChI is InChI=1S/C85H136O17P2/c1-5-9-13-17-21-25-29-33-37-38-39-40-44-46-50-54-58-62-66-70-83(88)96-76-81(102-85(90)72-68-64-60-56-52-48-43-36-32-28-24-20-16-12-8-4)78-100-104(93,94)98-74-79(86)73-97-103(91,92)99-77-80(101-84(89)71-67-63-59-55-51-47-42-35-31-27-23-19-15-11-7-3)75-95-82(87)69-65-61-57-53-49-45-41-34-30-26-22-18-14-10-6-2/h9-10,12-14,16,21-22,24-26,28,33-37,39-43,46,50,52,56,58,62,64,68,79-81,86H,5-8,11,15,17-20,23,27,29-32,38,44-45,47-49,51,53-55,57,59-61,63,65-67,69-78H2,1-4H3,(H,91,92)(H,93,94)/b13-9-,14-10-,16-12-,25-21-,26-22-,28-24-,37-33-,40-39-,41-34-,42-35-,43-36-,50-46-,56-52-,62-58-,68-64-. The van der Waals surface area contributed by atoms with Crippen LogP contribution < -0.4 is 0 Å². The van der Waals surface area contributed by atoms with E-state index in [9.17, 15) is 43.2 Å². The van der Waals surface area contributed by atoms with Gasteiger partial charge in [-0.15, -0.1) is 0 Å². The van der Waals surface area contributed by atoms with Crippen molar-refractivity contribution in [2.45, 2.75) is 290 Å². The molecular formula is C85H136O17P2. The molecule has 3 N–H and O–H groups in total. The Morgan fingerprint density at radius 3 is 0.923 bits per heavy atom. The van der Waals surface area contributed by atoms with Crippen LogP contribution in [0.2, 0.25) is 0 Å². The number of allylic oxidation sites excluding steroid dienone is 29. The third kappa shape index (κ3) is 74.4. The second-order valence-electron chi connectivity index (χ2n) is 25.2. The molecule has 0 aliphatic rings. The number of aliphatic hydroxyl groups excluding tert-OH is 1. The fourth-order valence-corrected chi connectivity index (χ4v) is 11.1. The number of phosphoric acid groups is 2. The highest BCUT2D eigenvalue weighted by atomic mass is 31.2. The van der Waals surface area contributed by atoms with Crippen molar-refractivity contribution in [3.8, 4) is 0 Å². The van der Waals surface area contributed by atoms with E-state index in [0.29, 0.717) is 32.1 Å². The van der Waals surface area contributed by atoms with Crippen LogP contribution in [0.3, 0.4) is 0 Å². The van der Waals surface area contributed by atoms with Crippen molar-refractivity contribution in [1.29, 1.82) is 0 Å².